The van der Waals surface area contributed by atoms with E-state index < -0.39 is 0 Å². The SMILES string of the molecule is CCC1CCCN(CCNC(C)c2ccco2)C1. The molecule has 0 bridgehead atoms. The number of nitrogens with zero attached hydrogens (tertiary/aromatic N) is 1. The molecule has 0 spiro atoms. The standard InChI is InChI=1S/C15H26N2O/c1-3-14-6-4-9-17(12-14)10-8-16-13(2)15-7-5-11-18-15/h5,7,11,13-14,16H,3-4,6,8-10,12H2,1-2H3. The second-order valence-corrected chi connectivity index (χ2v) is 5.41. The summed E-state index contributed by atoms with van der Waals surface area (Å²) in [6, 6.07) is 4.29. The van der Waals surface area contributed by atoms with Crippen LogP contribution < -0.4 is 5.32 Å². The van der Waals surface area contributed by atoms with Crippen LogP contribution >= 0.6 is 0 Å². The van der Waals surface area contributed by atoms with Crippen LogP contribution in [0.15, 0.2) is 22.8 Å². The Morgan fingerprint density at radius 2 is 2.44 bits per heavy atom. The molecular weight excluding hydrogens is 224 g/mol. The molecule has 1 aliphatic rings. The van der Waals surface area contributed by atoms with Gasteiger partial charge in [-0.2, -0.15) is 0 Å². The summed E-state index contributed by atoms with van der Waals surface area (Å²) in [5.74, 6) is 1.95. The molecule has 3 nitrogen and oxygen atoms in total. The highest BCUT2D eigenvalue weighted by Crippen LogP contribution is 2.18. The summed E-state index contributed by atoms with van der Waals surface area (Å²) >= 11 is 0. The van der Waals surface area contributed by atoms with Gasteiger partial charge in [0.15, 0.2) is 0 Å². The Balaban J connectivity index is 1.66. The van der Waals surface area contributed by atoms with Gasteiger partial charge in [-0.15, -0.1) is 0 Å². The number of furan rings is 1. The zero-order valence-corrected chi connectivity index (χ0v) is 11.7. The summed E-state index contributed by atoms with van der Waals surface area (Å²) in [5, 5.41) is 3.53. The van der Waals surface area contributed by atoms with Gasteiger partial charge in [0.05, 0.1) is 12.3 Å². The molecule has 18 heavy (non-hydrogen) atoms. The van der Waals surface area contributed by atoms with E-state index in [2.05, 4.69) is 24.1 Å². The second-order valence-electron chi connectivity index (χ2n) is 5.41. The molecule has 2 unspecified atom stereocenters. The molecule has 2 heterocycles. The Morgan fingerprint density at radius 1 is 1.56 bits per heavy atom. The van der Waals surface area contributed by atoms with Crippen LogP contribution in [0.3, 0.4) is 0 Å². The first-order chi connectivity index (χ1) is 8.79. The summed E-state index contributed by atoms with van der Waals surface area (Å²) in [7, 11) is 0. The van der Waals surface area contributed by atoms with E-state index in [1.165, 1.54) is 32.4 Å². The van der Waals surface area contributed by atoms with Crippen LogP contribution in [0.5, 0.6) is 0 Å². The highest BCUT2D eigenvalue weighted by atomic mass is 16.3. The maximum Gasteiger partial charge on any atom is 0.120 e. The van der Waals surface area contributed by atoms with Gasteiger partial charge < -0.3 is 14.6 Å². The van der Waals surface area contributed by atoms with Crippen LogP contribution in [0.4, 0.5) is 0 Å². The zero-order valence-electron chi connectivity index (χ0n) is 11.7. The van der Waals surface area contributed by atoms with Gasteiger partial charge >= 0.3 is 0 Å². The smallest absolute Gasteiger partial charge is 0.120 e. The summed E-state index contributed by atoms with van der Waals surface area (Å²) in [4.78, 5) is 2.60. The summed E-state index contributed by atoms with van der Waals surface area (Å²) in [6.45, 7) is 9.22. The van der Waals surface area contributed by atoms with Crippen molar-refractivity contribution >= 4 is 0 Å². The Hall–Kier alpha value is -0.800. The molecule has 3 heteroatoms. The van der Waals surface area contributed by atoms with Crippen LogP contribution in [0, 0.1) is 5.92 Å². The van der Waals surface area contributed by atoms with E-state index in [0.717, 1.165) is 24.8 Å². The van der Waals surface area contributed by atoms with Crippen molar-refractivity contribution in [3.63, 3.8) is 0 Å². The minimum absolute atomic E-state index is 0.312. The first-order valence-corrected chi connectivity index (χ1v) is 7.28. The van der Waals surface area contributed by atoms with Crippen molar-refractivity contribution < 1.29 is 4.42 Å². The summed E-state index contributed by atoms with van der Waals surface area (Å²) in [6.07, 6.45) is 5.85. The largest absolute Gasteiger partial charge is 0.468 e. The van der Waals surface area contributed by atoms with Gasteiger partial charge in [0.2, 0.25) is 0 Å². The lowest BCUT2D eigenvalue weighted by Gasteiger charge is -2.32. The van der Waals surface area contributed by atoms with Gasteiger partial charge in [0, 0.05) is 19.6 Å². The fourth-order valence-electron chi connectivity index (χ4n) is 2.77. The highest BCUT2D eigenvalue weighted by molar-refractivity contribution is 5.02. The molecule has 0 aromatic carbocycles. The maximum absolute atomic E-state index is 5.40. The lowest BCUT2D eigenvalue weighted by Crippen LogP contribution is -2.39. The molecule has 2 rings (SSSR count). The Labute approximate surface area is 111 Å². The minimum Gasteiger partial charge on any atom is -0.468 e. The van der Waals surface area contributed by atoms with E-state index in [-0.39, 0.29) is 0 Å². The third kappa shape index (κ3) is 3.85. The van der Waals surface area contributed by atoms with Crippen molar-refractivity contribution in [2.75, 3.05) is 26.2 Å². The number of hydrogen-bond acceptors (Lipinski definition) is 3. The second kappa shape index (κ2) is 6.95. The van der Waals surface area contributed by atoms with Crippen molar-refractivity contribution in [3.05, 3.63) is 24.2 Å². The van der Waals surface area contributed by atoms with Crippen molar-refractivity contribution in [3.8, 4) is 0 Å². The van der Waals surface area contributed by atoms with Crippen molar-refractivity contribution in [2.24, 2.45) is 5.92 Å². The number of nitrogens with one attached hydrogen (secondary N) is 1. The number of piperidine rings is 1. The lowest BCUT2D eigenvalue weighted by molar-refractivity contribution is 0.170. The molecule has 0 radical (unpaired) electrons. The van der Waals surface area contributed by atoms with Crippen LogP contribution in [-0.4, -0.2) is 31.1 Å². The van der Waals surface area contributed by atoms with Gasteiger partial charge in [-0.1, -0.05) is 13.3 Å². The monoisotopic (exact) mass is 250 g/mol. The quantitative estimate of drug-likeness (QED) is 0.841. The van der Waals surface area contributed by atoms with Crippen molar-refractivity contribution in [2.45, 2.75) is 39.2 Å². The van der Waals surface area contributed by atoms with Crippen LogP contribution in [-0.2, 0) is 0 Å². The normalized spacial score (nSPS) is 23.1. The highest BCUT2D eigenvalue weighted by Gasteiger charge is 2.18. The lowest BCUT2D eigenvalue weighted by atomic mass is 9.96. The van der Waals surface area contributed by atoms with Crippen LogP contribution in [0.2, 0.25) is 0 Å². The third-order valence-corrected chi connectivity index (χ3v) is 4.03. The summed E-state index contributed by atoms with van der Waals surface area (Å²) in [5.41, 5.74) is 0. The molecule has 1 saturated heterocycles. The fraction of sp³-hybridized carbons (Fsp3) is 0.733. The molecule has 1 fully saturated rings. The Morgan fingerprint density at radius 3 is 3.17 bits per heavy atom. The van der Waals surface area contributed by atoms with Crippen LogP contribution in [0.25, 0.3) is 0 Å². The molecule has 102 valence electrons. The topological polar surface area (TPSA) is 28.4 Å². The van der Waals surface area contributed by atoms with Crippen molar-refractivity contribution in [1.29, 1.82) is 0 Å². The van der Waals surface area contributed by atoms with Crippen molar-refractivity contribution in [1.82, 2.24) is 10.2 Å². The van der Waals surface area contributed by atoms with E-state index in [1.807, 2.05) is 12.1 Å². The van der Waals surface area contributed by atoms with E-state index >= 15 is 0 Å². The molecule has 1 aliphatic heterocycles. The van der Waals surface area contributed by atoms with Crippen LogP contribution in [0.1, 0.15) is 44.9 Å². The van der Waals surface area contributed by atoms with E-state index in [0.29, 0.717) is 6.04 Å². The molecule has 1 N–H and O–H groups in total. The third-order valence-electron chi connectivity index (χ3n) is 4.03. The predicted octanol–water partition coefficient (Wildman–Crippen LogP) is 3.05. The minimum atomic E-state index is 0.312. The first-order valence-electron chi connectivity index (χ1n) is 7.28. The summed E-state index contributed by atoms with van der Waals surface area (Å²) < 4.78 is 5.40. The van der Waals surface area contributed by atoms with E-state index in [1.54, 1.807) is 6.26 Å². The molecule has 0 aliphatic carbocycles. The van der Waals surface area contributed by atoms with Gasteiger partial charge in [-0.05, 0) is 44.4 Å². The van der Waals surface area contributed by atoms with Gasteiger partial charge in [-0.25, -0.2) is 0 Å². The number of likely N-dealkylation sites (tertiary alicyclic amines) is 1. The Bertz CT molecular complexity index is 323. The Kier molecular flexibility index (Phi) is 5.26. The van der Waals surface area contributed by atoms with E-state index in [4.69, 9.17) is 4.42 Å². The molecule has 0 saturated carbocycles. The zero-order chi connectivity index (χ0) is 12.8. The van der Waals surface area contributed by atoms with Gasteiger partial charge in [0.1, 0.15) is 5.76 Å². The fourth-order valence-corrected chi connectivity index (χ4v) is 2.77. The average Bonchev–Trinajstić information content (AvgIpc) is 2.93. The van der Waals surface area contributed by atoms with E-state index in [9.17, 15) is 0 Å². The molecular formula is C15H26N2O. The number of hydrogen-bond donors (Lipinski definition) is 1. The maximum atomic E-state index is 5.40. The molecule has 2 atom stereocenters. The molecule has 0 amide bonds. The molecule has 1 aromatic rings. The average molecular weight is 250 g/mol. The predicted molar refractivity (Wildman–Crippen MR) is 74.6 cm³/mol. The first kappa shape index (κ1) is 13.6. The van der Waals surface area contributed by atoms with Gasteiger partial charge in [0.25, 0.3) is 0 Å². The number of rotatable bonds is 6. The van der Waals surface area contributed by atoms with Gasteiger partial charge in [-0.3, -0.25) is 0 Å². The molecule has 1 aromatic heterocycles.